The van der Waals surface area contributed by atoms with Crippen LogP contribution in [-0.2, 0) is 41.7 Å². The second-order valence-corrected chi connectivity index (χ2v) is 12.0. The maximum absolute atomic E-state index is 14.2. The minimum atomic E-state index is -0.916. The minimum Gasteiger partial charge on any atom is -0.466 e. The van der Waals surface area contributed by atoms with E-state index in [1.54, 1.807) is 11.8 Å². The van der Waals surface area contributed by atoms with E-state index < -0.39 is 29.4 Å². The molecule has 1 saturated heterocycles. The Hall–Kier alpha value is -4.46. The molecule has 0 aromatic heterocycles. The van der Waals surface area contributed by atoms with Crippen molar-refractivity contribution in [3.05, 3.63) is 96.1 Å². The van der Waals surface area contributed by atoms with E-state index in [1.165, 1.54) is 0 Å². The van der Waals surface area contributed by atoms with E-state index in [0.717, 1.165) is 35.1 Å². The number of benzene rings is 3. The molecule has 1 saturated carbocycles. The van der Waals surface area contributed by atoms with Crippen molar-refractivity contribution >= 4 is 23.8 Å². The Morgan fingerprint density at radius 1 is 0.822 bits per heavy atom. The Morgan fingerprint density at radius 3 is 2.13 bits per heavy atom. The Labute approximate surface area is 265 Å². The number of hydrogen-bond donors (Lipinski definition) is 1. The highest BCUT2D eigenvalue weighted by Gasteiger charge is 2.46. The van der Waals surface area contributed by atoms with Gasteiger partial charge in [-0.25, -0.2) is 4.79 Å². The number of carbonyl (C=O) groups is 4. The maximum Gasteiger partial charge on any atom is 0.329 e. The Morgan fingerprint density at radius 2 is 1.47 bits per heavy atom. The molecule has 1 aliphatic carbocycles. The molecule has 2 fully saturated rings. The molecule has 0 radical (unpaired) electrons. The molecule has 3 aromatic rings. The van der Waals surface area contributed by atoms with Crippen LogP contribution < -0.4 is 5.32 Å². The van der Waals surface area contributed by atoms with Crippen LogP contribution in [0.2, 0.25) is 0 Å². The van der Waals surface area contributed by atoms with Gasteiger partial charge in [-0.15, -0.1) is 0 Å². The number of nitrogens with one attached hydrogen (secondary N) is 1. The lowest BCUT2D eigenvalue weighted by Gasteiger charge is -2.32. The lowest BCUT2D eigenvalue weighted by molar-refractivity contribution is -0.156. The van der Waals surface area contributed by atoms with Crippen molar-refractivity contribution in [3.63, 3.8) is 0 Å². The molecule has 5 rings (SSSR count). The number of nitrogens with zero attached hydrogens (tertiary/aromatic N) is 1. The first-order chi connectivity index (χ1) is 21.9. The van der Waals surface area contributed by atoms with E-state index in [-0.39, 0.29) is 37.9 Å². The largest absolute Gasteiger partial charge is 0.466 e. The zero-order chi connectivity index (χ0) is 31.6. The van der Waals surface area contributed by atoms with Gasteiger partial charge in [-0.2, -0.15) is 0 Å². The van der Waals surface area contributed by atoms with Gasteiger partial charge in [0.25, 0.3) is 0 Å². The molecular formula is C37H42N2O6. The van der Waals surface area contributed by atoms with Gasteiger partial charge in [0.15, 0.2) is 0 Å². The SMILES string of the molecule is CCOC(=O)CC1(C(=O)N[C@@H](Cc2ccc(-c3ccccc3)cc2)C(=O)N2CCC[C@H]2C(=O)OCc2ccccc2)CCCC1. The summed E-state index contributed by atoms with van der Waals surface area (Å²) in [5.74, 6) is -1.49. The Kier molecular flexibility index (Phi) is 10.7. The van der Waals surface area contributed by atoms with Crippen LogP contribution in [-0.4, -0.2) is 53.9 Å². The number of ether oxygens (including phenoxy) is 2. The Balaban J connectivity index is 1.36. The summed E-state index contributed by atoms with van der Waals surface area (Å²) in [6.07, 6.45) is 4.16. The summed E-state index contributed by atoms with van der Waals surface area (Å²) in [5.41, 5.74) is 2.96. The molecule has 236 valence electrons. The maximum atomic E-state index is 14.2. The predicted molar refractivity (Wildman–Crippen MR) is 171 cm³/mol. The predicted octanol–water partition coefficient (Wildman–Crippen LogP) is 5.63. The smallest absolute Gasteiger partial charge is 0.329 e. The number of esters is 2. The summed E-state index contributed by atoms with van der Waals surface area (Å²) in [7, 11) is 0. The average molecular weight is 611 g/mol. The molecular weight excluding hydrogens is 568 g/mol. The first-order valence-electron chi connectivity index (χ1n) is 16.0. The van der Waals surface area contributed by atoms with Crippen LogP contribution in [0.1, 0.15) is 63.0 Å². The lowest BCUT2D eigenvalue weighted by atomic mass is 9.81. The highest BCUT2D eigenvalue weighted by Crippen LogP contribution is 2.42. The highest BCUT2D eigenvalue weighted by atomic mass is 16.5. The number of hydrogen-bond acceptors (Lipinski definition) is 6. The molecule has 0 bridgehead atoms. The van der Waals surface area contributed by atoms with Crippen molar-refractivity contribution in [3.8, 4) is 11.1 Å². The van der Waals surface area contributed by atoms with Crippen LogP contribution >= 0.6 is 0 Å². The van der Waals surface area contributed by atoms with Crippen LogP contribution in [0.3, 0.4) is 0 Å². The van der Waals surface area contributed by atoms with Crippen molar-refractivity contribution in [1.29, 1.82) is 0 Å². The van der Waals surface area contributed by atoms with E-state index in [2.05, 4.69) is 5.32 Å². The number of rotatable bonds is 12. The molecule has 3 aromatic carbocycles. The molecule has 0 spiro atoms. The summed E-state index contributed by atoms with van der Waals surface area (Å²) in [4.78, 5) is 55.5. The van der Waals surface area contributed by atoms with E-state index in [1.807, 2.05) is 84.9 Å². The zero-order valence-electron chi connectivity index (χ0n) is 25.9. The average Bonchev–Trinajstić information content (AvgIpc) is 3.75. The fraction of sp³-hybridized carbons (Fsp3) is 0.405. The normalized spacial score (nSPS) is 17.8. The van der Waals surface area contributed by atoms with Crippen molar-refractivity contribution in [1.82, 2.24) is 10.2 Å². The third kappa shape index (κ3) is 7.98. The summed E-state index contributed by atoms with van der Waals surface area (Å²) < 4.78 is 10.8. The molecule has 1 heterocycles. The van der Waals surface area contributed by atoms with Crippen LogP contribution in [0.5, 0.6) is 0 Å². The van der Waals surface area contributed by atoms with E-state index in [0.29, 0.717) is 32.2 Å². The summed E-state index contributed by atoms with van der Waals surface area (Å²) in [6.45, 7) is 2.52. The van der Waals surface area contributed by atoms with Crippen molar-refractivity contribution in [2.24, 2.45) is 5.41 Å². The van der Waals surface area contributed by atoms with Gasteiger partial charge in [-0.1, -0.05) is 97.8 Å². The second-order valence-electron chi connectivity index (χ2n) is 12.0. The van der Waals surface area contributed by atoms with Gasteiger partial charge in [0.05, 0.1) is 18.4 Å². The lowest BCUT2D eigenvalue weighted by Crippen LogP contribution is -2.55. The van der Waals surface area contributed by atoms with Crippen LogP contribution in [0.4, 0.5) is 0 Å². The van der Waals surface area contributed by atoms with Crippen LogP contribution in [0.25, 0.3) is 11.1 Å². The van der Waals surface area contributed by atoms with Crippen molar-refractivity contribution in [2.75, 3.05) is 13.2 Å². The third-order valence-electron chi connectivity index (χ3n) is 8.97. The topological polar surface area (TPSA) is 102 Å². The molecule has 2 atom stereocenters. The van der Waals surface area contributed by atoms with Crippen LogP contribution in [0, 0.1) is 5.41 Å². The van der Waals surface area contributed by atoms with E-state index in [9.17, 15) is 19.2 Å². The second kappa shape index (κ2) is 15.0. The Bertz CT molecular complexity index is 1450. The van der Waals surface area contributed by atoms with Crippen molar-refractivity contribution < 1.29 is 28.7 Å². The van der Waals surface area contributed by atoms with E-state index in [4.69, 9.17) is 9.47 Å². The molecule has 8 heteroatoms. The number of likely N-dealkylation sites (tertiary alicyclic amines) is 1. The molecule has 0 unspecified atom stereocenters. The zero-order valence-corrected chi connectivity index (χ0v) is 25.9. The monoisotopic (exact) mass is 610 g/mol. The van der Waals surface area contributed by atoms with Gasteiger partial charge in [0.2, 0.25) is 11.8 Å². The highest BCUT2D eigenvalue weighted by molar-refractivity contribution is 5.94. The van der Waals surface area contributed by atoms with Crippen LogP contribution in [0.15, 0.2) is 84.9 Å². The molecule has 2 aliphatic rings. The molecule has 1 aliphatic heterocycles. The molecule has 1 N–H and O–H groups in total. The quantitative estimate of drug-likeness (QED) is 0.267. The van der Waals surface area contributed by atoms with Gasteiger partial charge >= 0.3 is 11.9 Å². The van der Waals surface area contributed by atoms with Gasteiger partial charge in [-0.3, -0.25) is 14.4 Å². The fourth-order valence-corrected chi connectivity index (χ4v) is 6.54. The van der Waals surface area contributed by atoms with Gasteiger partial charge in [0.1, 0.15) is 18.7 Å². The van der Waals surface area contributed by atoms with Gasteiger partial charge in [0, 0.05) is 13.0 Å². The summed E-state index contributed by atoms with van der Waals surface area (Å²) >= 11 is 0. The summed E-state index contributed by atoms with van der Waals surface area (Å²) in [5, 5.41) is 3.05. The first-order valence-corrected chi connectivity index (χ1v) is 16.0. The summed E-state index contributed by atoms with van der Waals surface area (Å²) in [6, 6.07) is 25.8. The third-order valence-corrected chi connectivity index (χ3v) is 8.97. The fourth-order valence-electron chi connectivity index (χ4n) is 6.54. The first kappa shape index (κ1) is 31.9. The van der Waals surface area contributed by atoms with Gasteiger partial charge < -0.3 is 19.7 Å². The number of carbonyl (C=O) groups excluding carboxylic acids is 4. The van der Waals surface area contributed by atoms with Crippen molar-refractivity contribution in [2.45, 2.75) is 77.0 Å². The van der Waals surface area contributed by atoms with E-state index >= 15 is 0 Å². The molecule has 2 amide bonds. The standard InChI is InChI=1S/C37H42N2O6/c1-2-44-33(40)25-37(21-9-10-22-37)36(43)38-31(24-27-17-19-30(20-18-27)29-14-7-4-8-15-29)34(41)39-23-11-16-32(39)35(42)45-26-28-12-5-3-6-13-28/h3-8,12-15,17-20,31-32H,2,9-11,16,21-26H2,1H3,(H,38,43)/t31-,32-/m0/s1. The number of amides is 2. The molecule has 8 nitrogen and oxygen atoms in total. The molecule has 45 heavy (non-hydrogen) atoms. The van der Waals surface area contributed by atoms with Gasteiger partial charge in [-0.05, 0) is 54.9 Å². The minimum absolute atomic E-state index is 0.0164.